The number of nitrogens with zero attached hydrogens (tertiary/aromatic N) is 7. The second-order valence-corrected chi connectivity index (χ2v) is 11.2. The van der Waals surface area contributed by atoms with Gasteiger partial charge in [-0.15, -0.1) is 0 Å². The lowest BCUT2D eigenvalue weighted by Gasteiger charge is -2.37. The van der Waals surface area contributed by atoms with Crippen molar-refractivity contribution in [2.45, 2.75) is 57.5 Å². The Kier molecular flexibility index (Phi) is 7.60. The second kappa shape index (κ2) is 12.0. The van der Waals surface area contributed by atoms with Crippen molar-refractivity contribution in [1.29, 1.82) is 5.26 Å². The maximum absolute atomic E-state index is 9.32. The smallest absolute Gasteiger partial charge is 0.319 e. The predicted molar refractivity (Wildman–Crippen MR) is 160 cm³/mol. The Bertz CT molecular complexity index is 1590. The third-order valence-electron chi connectivity index (χ3n) is 8.57. The lowest BCUT2D eigenvalue weighted by atomic mass is 10.0. The number of hydrogen-bond donors (Lipinski definition) is 1. The standard InChI is InChI=1S/C32H36N8O2/c33-13-11-24-20-39(17-14-34-24)31-26-12-16-38(28-9-5-7-23-6-1-2-8-25(23)28)21-27(26)36-32(37-31)42-22-29-35-15-18-40(29)30-10-3-4-19-41-30/h1-2,5-9,15,18,24,30,34H,3-4,10-12,14,16-17,19-22H2/t24-,30?/m0/s1. The van der Waals surface area contributed by atoms with Gasteiger partial charge in [0, 0.05) is 67.9 Å². The van der Waals surface area contributed by atoms with Crippen LogP contribution in [0.15, 0.2) is 54.9 Å². The number of benzene rings is 2. The van der Waals surface area contributed by atoms with Crippen molar-refractivity contribution in [3.8, 4) is 12.1 Å². The van der Waals surface area contributed by atoms with Crippen molar-refractivity contribution in [2.75, 3.05) is 42.6 Å². The molecule has 4 aromatic rings. The molecule has 2 aromatic carbocycles. The van der Waals surface area contributed by atoms with Crippen molar-refractivity contribution in [3.63, 3.8) is 0 Å². The van der Waals surface area contributed by atoms with E-state index < -0.39 is 0 Å². The van der Waals surface area contributed by atoms with Crippen molar-refractivity contribution < 1.29 is 9.47 Å². The van der Waals surface area contributed by atoms with Crippen LogP contribution in [0.1, 0.15) is 49.0 Å². The maximum atomic E-state index is 9.32. The molecule has 5 heterocycles. The summed E-state index contributed by atoms with van der Waals surface area (Å²) >= 11 is 0. The zero-order chi connectivity index (χ0) is 28.3. The van der Waals surface area contributed by atoms with Gasteiger partial charge < -0.3 is 29.2 Å². The van der Waals surface area contributed by atoms with Gasteiger partial charge >= 0.3 is 6.01 Å². The molecule has 1 N–H and O–H groups in total. The minimum absolute atomic E-state index is 0.00738. The number of ether oxygens (including phenoxy) is 2. The quantitative estimate of drug-likeness (QED) is 0.351. The van der Waals surface area contributed by atoms with E-state index in [2.05, 4.69) is 73.2 Å². The molecule has 2 fully saturated rings. The van der Waals surface area contributed by atoms with Gasteiger partial charge in [0.05, 0.1) is 24.7 Å². The zero-order valence-electron chi connectivity index (χ0n) is 23.8. The molecule has 42 heavy (non-hydrogen) atoms. The molecule has 2 atom stereocenters. The number of imidazole rings is 1. The second-order valence-electron chi connectivity index (χ2n) is 11.2. The molecule has 0 radical (unpaired) electrons. The van der Waals surface area contributed by atoms with E-state index in [1.54, 1.807) is 6.20 Å². The van der Waals surface area contributed by atoms with E-state index in [-0.39, 0.29) is 18.9 Å². The molecular formula is C32H36N8O2. The lowest BCUT2D eigenvalue weighted by Crippen LogP contribution is -2.51. The number of rotatable bonds is 7. The Hall–Kier alpha value is -4.20. The average molecular weight is 565 g/mol. The molecule has 10 heteroatoms. The Morgan fingerprint density at radius 3 is 2.90 bits per heavy atom. The van der Waals surface area contributed by atoms with Crippen molar-refractivity contribution >= 4 is 22.3 Å². The zero-order valence-corrected chi connectivity index (χ0v) is 23.8. The lowest BCUT2D eigenvalue weighted by molar-refractivity contribution is -0.0349. The molecule has 0 spiro atoms. The molecule has 7 rings (SSSR count). The van der Waals surface area contributed by atoms with Gasteiger partial charge in [-0.1, -0.05) is 36.4 Å². The van der Waals surface area contributed by atoms with Crippen LogP contribution in [0.5, 0.6) is 6.01 Å². The van der Waals surface area contributed by atoms with E-state index in [1.165, 1.54) is 22.0 Å². The summed E-state index contributed by atoms with van der Waals surface area (Å²) in [5.74, 6) is 1.73. The highest BCUT2D eigenvalue weighted by Gasteiger charge is 2.29. The first kappa shape index (κ1) is 26.7. The van der Waals surface area contributed by atoms with Crippen molar-refractivity contribution in [1.82, 2.24) is 24.8 Å². The Balaban J connectivity index is 1.19. The molecule has 0 bridgehead atoms. The third kappa shape index (κ3) is 5.38. The molecule has 216 valence electrons. The third-order valence-corrected chi connectivity index (χ3v) is 8.57. The van der Waals surface area contributed by atoms with Crippen LogP contribution < -0.4 is 19.9 Å². The topological polar surface area (TPSA) is 104 Å². The molecule has 1 unspecified atom stereocenters. The fourth-order valence-electron chi connectivity index (χ4n) is 6.46. The van der Waals surface area contributed by atoms with E-state index >= 15 is 0 Å². The summed E-state index contributed by atoms with van der Waals surface area (Å²) in [5, 5.41) is 15.3. The number of piperazine rings is 1. The van der Waals surface area contributed by atoms with E-state index in [0.29, 0.717) is 19.0 Å². The fourth-order valence-corrected chi connectivity index (χ4v) is 6.46. The number of nitriles is 1. The van der Waals surface area contributed by atoms with Crippen LogP contribution in [-0.2, 0) is 24.3 Å². The predicted octanol–water partition coefficient (Wildman–Crippen LogP) is 4.36. The summed E-state index contributed by atoms with van der Waals surface area (Å²) in [4.78, 5) is 19.2. The highest BCUT2D eigenvalue weighted by Crippen LogP contribution is 2.34. The van der Waals surface area contributed by atoms with E-state index in [1.807, 2.05) is 6.20 Å². The molecule has 0 aliphatic carbocycles. The van der Waals surface area contributed by atoms with Crippen LogP contribution in [-0.4, -0.2) is 58.3 Å². The molecule has 0 saturated carbocycles. The number of aromatic nitrogens is 4. The maximum Gasteiger partial charge on any atom is 0.319 e. The number of hydrogen-bond acceptors (Lipinski definition) is 9. The van der Waals surface area contributed by atoms with Crippen molar-refractivity contribution in [3.05, 3.63) is 71.9 Å². The van der Waals surface area contributed by atoms with Crippen LogP contribution >= 0.6 is 0 Å². The minimum Gasteiger partial charge on any atom is -0.455 e. The van der Waals surface area contributed by atoms with Gasteiger partial charge in [-0.05, 0) is 37.1 Å². The van der Waals surface area contributed by atoms with Gasteiger partial charge in [0.1, 0.15) is 24.5 Å². The van der Waals surface area contributed by atoms with Crippen LogP contribution in [0, 0.1) is 11.3 Å². The number of fused-ring (bicyclic) bond motifs is 2. The Morgan fingerprint density at radius 2 is 2.00 bits per heavy atom. The van der Waals surface area contributed by atoms with Crippen molar-refractivity contribution in [2.24, 2.45) is 0 Å². The minimum atomic E-state index is -0.00738. The van der Waals surface area contributed by atoms with Gasteiger partial charge in [-0.25, -0.2) is 4.98 Å². The van der Waals surface area contributed by atoms with Gasteiger partial charge in [0.2, 0.25) is 0 Å². The van der Waals surface area contributed by atoms with Crippen LogP contribution in [0.3, 0.4) is 0 Å². The van der Waals surface area contributed by atoms with Crippen LogP contribution in [0.4, 0.5) is 11.5 Å². The van der Waals surface area contributed by atoms with Gasteiger partial charge in [0.15, 0.2) is 0 Å². The molecule has 3 aliphatic heterocycles. The van der Waals surface area contributed by atoms with Gasteiger partial charge in [0.25, 0.3) is 0 Å². The fraction of sp³-hybridized carbons (Fsp3) is 0.438. The summed E-state index contributed by atoms with van der Waals surface area (Å²) < 4.78 is 14.4. The van der Waals surface area contributed by atoms with E-state index in [0.717, 1.165) is 75.8 Å². The van der Waals surface area contributed by atoms with E-state index in [4.69, 9.17) is 19.4 Å². The molecular weight excluding hydrogens is 528 g/mol. The normalized spacial score (nSPS) is 20.7. The van der Waals surface area contributed by atoms with Gasteiger partial charge in [-0.3, -0.25) is 0 Å². The largest absolute Gasteiger partial charge is 0.455 e. The summed E-state index contributed by atoms with van der Waals surface area (Å²) in [7, 11) is 0. The SMILES string of the molecule is N#CC[C@H]1CN(c2nc(OCc3nccn3C3CCCCO3)nc3c2CCN(c2cccc4ccccc24)C3)CCN1. The number of anilines is 2. The first-order valence-corrected chi connectivity index (χ1v) is 15.0. The van der Waals surface area contributed by atoms with Crippen LogP contribution in [0.25, 0.3) is 10.8 Å². The van der Waals surface area contributed by atoms with Gasteiger partial charge in [-0.2, -0.15) is 15.2 Å². The highest BCUT2D eigenvalue weighted by atomic mass is 16.5. The summed E-state index contributed by atoms with van der Waals surface area (Å²) in [6, 6.07) is 17.8. The summed E-state index contributed by atoms with van der Waals surface area (Å²) in [5.41, 5.74) is 3.38. The first-order valence-electron chi connectivity index (χ1n) is 15.0. The Labute approximate surface area is 245 Å². The van der Waals surface area contributed by atoms with Crippen LogP contribution in [0.2, 0.25) is 0 Å². The highest BCUT2D eigenvalue weighted by molar-refractivity contribution is 5.94. The average Bonchev–Trinajstić information content (AvgIpc) is 3.52. The molecule has 0 amide bonds. The molecule has 3 aliphatic rings. The Morgan fingerprint density at radius 1 is 1.07 bits per heavy atom. The summed E-state index contributed by atoms with van der Waals surface area (Å²) in [6.07, 6.45) is 8.27. The summed E-state index contributed by atoms with van der Waals surface area (Å²) in [6.45, 7) is 4.94. The molecule has 2 saturated heterocycles. The molecule has 10 nitrogen and oxygen atoms in total. The van der Waals surface area contributed by atoms with E-state index in [9.17, 15) is 5.26 Å². The number of nitrogens with one attached hydrogen (secondary N) is 1. The monoisotopic (exact) mass is 564 g/mol. The first-order chi connectivity index (χ1) is 20.8. The molecule has 2 aromatic heterocycles.